The molecule has 0 heterocycles. The molecule has 0 aromatic heterocycles. The minimum Gasteiger partial charge on any atom is -0.493 e. The number of carbonyl (C=O) groups is 1. The summed E-state index contributed by atoms with van der Waals surface area (Å²) in [5.41, 5.74) is 5.36. The van der Waals surface area contributed by atoms with Gasteiger partial charge in [-0.25, -0.2) is 0 Å². The fourth-order valence-corrected chi connectivity index (χ4v) is 3.45. The highest BCUT2D eigenvalue weighted by molar-refractivity contribution is 8.13. The van der Waals surface area contributed by atoms with Gasteiger partial charge in [0.25, 0.3) is 5.24 Å². The molecule has 0 aliphatic rings. The molecule has 0 aliphatic heterocycles. The molecule has 2 aromatic carbocycles. The van der Waals surface area contributed by atoms with Gasteiger partial charge < -0.3 is 14.4 Å². The molecule has 0 saturated heterocycles. The second-order valence-corrected chi connectivity index (χ2v) is 7.16. The lowest BCUT2D eigenvalue weighted by molar-refractivity contribution is 0.265. The highest BCUT2D eigenvalue weighted by atomic mass is 32.2. The van der Waals surface area contributed by atoms with Crippen molar-refractivity contribution >= 4 is 22.7 Å². The van der Waals surface area contributed by atoms with Crippen LogP contribution in [0.3, 0.4) is 0 Å². The SMILES string of the molecule is CCOc1cccc(N(C)C(=O)SC)c1COc1cc(C)c(CC)cc1C. The molecule has 0 N–H and O–H groups in total. The first-order valence-electron chi connectivity index (χ1n) is 9.22. The van der Waals surface area contributed by atoms with E-state index < -0.39 is 0 Å². The van der Waals surface area contributed by atoms with E-state index in [9.17, 15) is 4.79 Å². The maximum atomic E-state index is 12.2. The van der Waals surface area contributed by atoms with Crippen LogP contribution in [0.1, 0.15) is 36.1 Å². The molecule has 0 atom stereocenters. The fourth-order valence-electron chi connectivity index (χ4n) is 3.08. The van der Waals surface area contributed by atoms with E-state index in [1.807, 2.05) is 25.1 Å². The average Bonchev–Trinajstić information content (AvgIpc) is 2.67. The molecule has 146 valence electrons. The Morgan fingerprint density at radius 3 is 2.44 bits per heavy atom. The zero-order chi connectivity index (χ0) is 20.0. The Kier molecular flexibility index (Phi) is 7.60. The predicted octanol–water partition coefficient (Wildman–Crippen LogP) is 5.76. The fraction of sp³-hybridized carbons (Fsp3) is 0.409. The number of anilines is 1. The van der Waals surface area contributed by atoms with Crippen LogP contribution in [0.25, 0.3) is 0 Å². The minimum absolute atomic E-state index is 0.0239. The number of hydrogen-bond acceptors (Lipinski definition) is 4. The number of nitrogens with zero attached hydrogens (tertiary/aromatic N) is 1. The third-order valence-corrected chi connectivity index (χ3v) is 5.23. The highest BCUT2D eigenvalue weighted by Crippen LogP contribution is 2.32. The van der Waals surface area contributed by atoms with Crippen molar-refractivity contribution in [1.29, 1.82) is 0 Å². The number of benzene rings is 2. The van der Waals surface area contributed by atoms with Gasteiger partial charge in [-0.1, -0.05) is 30.8 Å². The summed E-state index contributed by atoms with van der Waals surface area (Å²) in [4.78, 5) is 13.8. The predicted molar refractivity (Wildman–Crippen MR) is 115 cm³/mol. The Morgan fingerprint density at radius 2 is 1.81 bits per heavy atom. The molecule has 4 nitrogen and oxygen atoms in total. The van der Waals surface area contributed by atoms with Crippen molar-refractivity contribution in [3.63, 3.8) is 0 Å². The summed E-state index contributed by atoms with van der Waals surface area (Å²) in [6.45, 7) is 9.17. The van der Waals surface area contributed by atoms with Crippen LogP contribution in [0.5, 0.6) is 11.5 Å². The minimum atomic E-state index is -0.0239. The summed E-state index contributed by atoms with van der Waals surface area (Å²) in [6.07, 6.45) is 2.79. The summed E-state index contributed by atoms with van der Waals surface area (Å²) >= 11 is 1.18. The number of amides is 1. The molecule has 0 bridgehead atoms. The van der Waals surface area contributed by atoms with Crippen molar-refractivity contribution in [3.8, 4) is 11.5 Å². The first-order valence-corrected chi connectivity index (χ1v) is 10.4. The number of hydrogen-bond donors (Lipinski definition) is 0. The van der Waals surface area contributed by atoms with Crippen LogP contribution in [0.4, 0.5) is 10.5 Å². The topological polar surface area (TPSA) is 38.8 Å². The Morgan fingerprint density at radius 1 is 1.07 bits per heavy atom. The summed E-state index contributed by atoms with van der Waals surface area (Å²) < 4.78 is 12.0. The lowest BCUT2D eigenvalue weighted by Crippen LogP contribution is -2.23. The summed E-state index contributed by atoms with van der Waals surface area (Å²) in [5, 5.41) is -0.0239. The van der Waals surface area contributed by atoms with E-state index >= 15 is 0 Å². The smallest absolute Gasteiger partial charge is 0.285 e. The molecule has 27 heavy (non-hydrogen) atoms. The van der Waals surface area contributed by atoms with Gasteiger partial charge in [0.05, 0.1) is 17.9 Å². The van der Waals surface area contributed by atoms with Crippen LogP contribution < -0.4 is 14.4 Å². The molecule has 2 rings (SSSR count). The maximum absolute atomic E-state index is 12.2. The van der Waals surface area contributed by atoms with Crippen molar-refractivity contribution in [2.24, 2.45) is 0 Å². The van der Waals surface area contributed by atoms with Crippen LogP contribution in [-0.4, -0.2) is 25.1 Å². The molecular weight excluding hydrogens is 358 g/mol. The largest absolute Gasteiger partial charge is 0.493 e. The quantitative estimate of drug-likeness (QED) is 0.605. The third-order valence-electron chi connectivity index (χ3n) is 4.60. The van der Waals surface area contributed by atoms with Crippen LogP contribution in [0.15, 0.2) is 30.3 Å². The maximum Gasteiger partial charge on any atom is 0.285 e. The Balaban J connectivity index is 2.36. The normalized spacial score (nSPS) is 10.6. The van der Waals surface area contributed by atoms with Gasteiger partial charge in [0.15, 0.2) is 0 Å². The van der Waals surface area contributed by atoms with Crippen molar-refractivity contribution in [2.75, 3.05) is 24.8 Å². The van der Waals surface area contributed by atoms with Gasteiger partial charge in [0.2, 0.25) is 0 Å². The van der Waals surface area contributed by atoms with Crippen LogP contribution in [-0.2, 0) is 13.0 Å². The van der Waals surface area contributed by atoms with Gasteiger partial charge in [-0.2, -0.15) is 0 Å². The van der Waals surface area contributed by atoms with Crippen molar-refractivity contribution < 1.29 is 14.3 Å². The van der Waals surface area contributed by atoms with Gasteiger partial charge in [0.1, 0.15) is 18.1 Å². The van der Waals surface area contributed by atoms with E-state index in [2.05, 4.69) is 32.9 Å². The first kappa shape index (κ1) is 21.2. The third kappa shape index (κ3) is 4.98. The van der Waals surface area contributed by atoms with Crippen LogP contribution >= 0.6 is 11.8 Å². The Hall–Kier alpha value is -2.14. The average molecular weight is 388 g/mol. The Labute approximate surface area is 166 Å². The highest BCUT2D eigenvalue weighted by Gasteiger charge is 2.18. The van der Waals surface area contributed by atoms with E-state index in [-0.39, 0.29) is 5.24 Å². The van der Waals surface area contributed by atoms with Crippen LogP contribution in [0, 0.1) is 13.8 Å². The van der Waals surface area contributed by atoms with E-state index in [0.29, 0.717) is 13.2 Å². The summed E-state index contributed by atoms with van der Waals surface area (Å²) in [7, 11) is 1.78. The van der Waals surface area contributed by atoms with Crippen molar-refractivity contribution in [3.05, 3.63) is 52.6 Å². The number of thioether (sulfide) groups is 1. The second-order valence-electron chi connectivity index (χ2n) is 6.40. The first-order chi connectivity index (χ1) is 12.9. The number of ether oxygens (including phenoxy) is 2. The molecular formula is C22H29NO3S. The molecule has 0 unspecified atom stereocenters. The van der Waals surface area contributed by atoms with Crippen molar-refractivity contribution in [2.45, 2.75) is 40.7 Å². The monoisotopic (exact) mass is 387 g/mol. The molecule has 0 fully saturated rings. The molecule has 0 radical (unpaired) electrons. The molecule has 0 spiro atoms. The van der Waals surface area contributed by atoms with Crippen LogP contribution in [0.2, 0.25) is 0 Å². The zero-order valence-corrected chi connectivity index (χ0v) is 17.9. The molecule has 1 amide bonds. The van der Waals surface area contributed by atoms with Gasteiger partial charge >= 0.3 is 0 Å². The molecule has 2 aromatic rings. The van der Waals surface area contributed by atoms with E-state index in [0.717, 1.165) is 34.7 Å². The lowest BCUT2D eigenvalue weighted by Gasteiger charge is -2.22. The molecule has 0 aliphatic carbocycles. The Bertz CT molecular complexity index is 804. The second kappa shape index (κ2) is 9.70. The molecule has 5 heteroatoms. The zero-order valence-electron chi connectivity index (χ0n) is 17.1. The van der Waals surface area contributed by atoms with Gasteiger partial charge in [0, 0.05) is 7.05 Å². The lowest BCUT2D eigenvalue weighted by atomic mass is 10.0. The van der Waals surface area contributed by atoms with Gasteiger partial charge in [-0.15, -0.1) is 0 Å². The standard InChI is InChI=1S/C22H29NO3S/c1-7-17-12-16(4)21(13-15(17)3)26-14-18-19(23(5)22(24)27-6)10-9-11-20(18)25-8-2/h9-13H,7-8,14H2,1-6H3. The van der Waals surface area contributed by atoms with E-state index in [4.69, 9.17) is 9.47 Å². The summed E-state index contributed by atoms with van der Waals surface area (Å²) in [6, 6.07) is 10.0. The van der Waals surface area contributed by atoms with Crippen molar-refractivity contribution in [1.82, 2.24) is 0 Å². The number of aryl methyl sites for hydroxylation is 3. The summed E-state index contributed by atoms with van der Waals surface area (Å²) in [5.74, 6) is 1.61. The van der Waals surface area contributed by atoms with E-state index in [1.54, 1.807) is 18.2 Å². The van der Waals surface area contributed by atoms with E-state index in [1.165, 1.54) is 22.9 Å². The van der Waals surface area contributed by atoms with Gasteiger partial charge in [-0.3, -0.25) is 4.79 Å². The van der Waals surface area contributed by atoms with Gasteiger partial charge in [-0.05, 0) is 68.3 Å². The molecule has 0 saturated carbocycles. The number of carbonyl (C=O) groups excluding carboxylic acids is 1. The number of rotatable bonds is 7.